The van der Waals surface area contributed by atoms with Gasteiger partial charge >= 0.3 is 6.09 Å². The number of carbonyl (C=O) groups is 1. The van der Waals surface area contributed by atoms with E-state index in [9.17, 15) is 4.79 Å². The number of amides is 1. The maximum absolute atomic E-state index is 10.9. The molecule has 0 aliphatic carbocycles. The molecule has 0 radical (unpaired) electrons. The van der Waals surface area contributed by atoms with E-state index in [2.05, 4.69) is 30.8 Å². The lowest BCUT2D eigenvalue weighted by Crippen LogP contribution is -2.13. The maximum atomic E-state index is 10.9. The van der Waals surface area contributed by atoms with Gasteiger partial charge in [-0.1, -0.05) is 32.9 Å². The first-order valence-corrected chi connectivity index (χ1v) is 4.89. The summed E-state index contributed by atoms with van der Waals surface area (Å²) in [5.41, 5.74) is 2.11. The molecule has 0 saturated carbocycles. The Morgan fingerprint density at radius 1 is 1.20 bits per heavy atom. The lowest BCUT2D eigenvalue weighted by Gasteiger charge is -2.19. The minimum absolute atomic E-state index is 0.129. The molecule has 0 unspecified atom stereocenters. The summed E-state index contributed by atoms with van der Waals surface area (Å²) in [5, 5.41) is 2.61. The molecule has 1 aromatic carbocycles. The van der Waals surface area contributed by atoms with Crippen LogP contribution in [0.15, 0.2) is 24.3 Å². The third-order valence-corrected chi connectivity index (χ3v) is 2.18. The summed E-state index contributed by atoms with van der Waals surface area (Å²) < 4.78 is 4.50. The standard InChI is InChI=1S/C12H17NO2/c1-12(2,3)9-5-7-10(8-6-9)13-11(14)15-4/h5-8H,1-4H3,(H,13,14). The quantitative estimate of drug-likeness (QED) is 0.768. The number of anilines is 1. The van der Waals surface area contributed by atoms with E-state index >= 15 is 0 Å². The van der Waals surface area contributed by atoms with E-state index in [1.807, 2.05) is 24.3 Å². The highest BCUT2D eigenvalue weighted by Gasteiger charge is 2.12. The van der Waals surface area contributed by atoms with Crippen molar-refractivity contribution in [3.05, 3.63) is 29.8 Å². The van der Waals surface area contributed by atoms with Crippen molar-refractivity contribution >= 4 is 11.8 Å². The Balaban J connectivity index is 2.77. The van der Waals surface area contributed by atoms with Gasteiger partial charge in [0.05, 0.1) is 7.11 Å². The highest BCUT2D eigenvalue weighted by atomic mass is 16.5. The molecular weight excluding hydrogens is 190 g/mol. The third kappa shape index (κ3) is 3.27. The molecule has 1 N–H and O–H groups in total. The predicted molar refractivity (Wildman–Crippen MR) is 61.2 cm³/mol. The fraction of sp³-hybridized carbons (Fsp3) is 0.417. The number of nitrogens with one attached hydrogen (secondary N) is 1. The van der Waals surface area contributed by atoms with Crippen molar-refractivity contribution in [2.75, 3.05) is 12.4 Å². The van der Waals surface area contributed by atoms with Gasteiger partial charge in [0.2, 0.25) is 0 Å². The molecule has 0 bridgehead atoms. The third-order valence-electron chi connectivity index (χ3n) is 2.18. The van der Waals surface area contributed by atoms with Crippen molar-refractivity contribution in [3.63, 3.8) is 0 Å². The van der Waals surface area contributed by atoms with Gasteiger partial charge < -0.3 is 4.74 Å². The monoisotopic (exact) mass is 207 g/mol. The Bertz CT molecular complexity index is 336. The van der Waals surface area contributed by atoms with Gasteiger partial charge in [0.1, 0.15) is 0 Å². The number of methoxy groups -OCH3 is 1. The summed E-state index contributed by atoms with van der Waals surface area (Å²) >= 11 is 0. The Hall–Kier alpha value is -1.51. The van der Waals surface area contributed by atoms with Crippen molar-refractivity contribution in [3.8, 4) is 0 Å². The topological polar surface area (TPSA) is 38.3 Å². The summed E-state index contributed by atoms with van der Waals surface area (Å²) in [7, 11) is 1.35. The van der Waals surface area contributed by atoms with Crippen LogP contribution in [-0.2, 0) is 10.2 Å². The smallest absolute Gasteiger partial charge is 0.411 e. The molecule has 3 heteroatoms. The van der Waals surface area contributed by atoms with Gasteiger partial charge in [0, 0.05) is 5.69 Å². The summed E-state index contributed by atoms with van der Waals surface area (Å²) in [6.07, 6.45) is -0.446. The normalized spacial score (nSPS) is 10.9. The lowest BCUT2D eigenvalue weighted by molar-refractivity contribution is 0.187. The van der Waals surface area contributed by atoms with Crippen molar-refractivity contribution < 1.29 is 9.53 Å². The Morgan fingerprint density at radius 3 is 2.13 bits per heavy atom. The highest BCUT2D eigenvalue weighted by Crippen LogP contribution is 2.23. The van der Waals surface area contributed by atoms with Gasteiger partial charge in [0.25, 0.3) is 0 Å². The Kier molecular flexibility index (Phi) is 3.35. The van der Waals surface area contributed by atoms with Crippen LogP contribution in [0.1, 0.15) is 26.3 Å². The van der Waals surface area contributed by atoms with E-state index in [1.54, 1.807) is 0 Å². The first-order chi connectivity index (χ1) is 6.93. The van der Waals surface area contributed by atoms with Gasteiger partial charge in [0.15, 0.2) is 0 Å². The van der Waals surface area contributed by atoms with E-state index in [1.165, 1.54) is 12.7 Å². The van der Waals surface area contributed by atoms with E-state index < -0.39 is 6.09 Å². The lowest BCUT2D eigenvalue weighted by atomic mass is 9.87. The van der Waals surface area contributed by atoms with Crippen LogP contribution < -0.4 is 5.32 Å². The van der Waals surface area contributed by atoms with Gasteiger partial charge in [-0.25, -0.2) is 4.79 Å². The van der Waals surface area contributed by atoms with Crippen LogP contribution in [0.3, 0.4) is 0 Å². The molecular formula is C12H17NO2. The number of rotatable bonds is 1. The fourth-order valence-electron chi connectivity index (χ4n) is 1.22. The second-order valence-corrected chi connectivity index (χ2v) is 4.44. The molecule has 1 amide bonds. The second-order valence-electron chi connectivity index (χ2n) is 4.44. The zero-order chi connectivity index (χ0) is 11.5. The van der Waals surface area contributed by atoms with E-state index in [0.29, 0.717) is 0 Å². The number of benzene rings is 1. The Morgan fingerprint density at radius 2 is 1.73 bits per heavy atom. The number of ether oxygens (including phenoxy) is 1. The minimum Gasteiger partial charge on any atom is -0.453 e. The van der Waals surface area contributed by atoms with Crippen molar-refractivity contribution in [2.45, 2.75) is 26.2 Å². The molecule has 0 aliphatic rings. The van der Waals surface area contributed by atoms with Crippen LogP contribution in [0.2, 0.25) is 0 Å². The fourth-order valence-corrected chi connectivity index (χ4v) is 1.22. The summed E-state index contributed by atoms with van der Waals surface area (Å²) in [5.74, 6) is 0. The molecule has 0 saturated heterocycles. The second kappa shape index (κ2) is 4.34. The zero-order valence-electron chi connectivity index (χ0n) is 9.63. The molecule has 15 heavy (non-hydrogen) atoms. The maximum Gasteiger partial charge on any atom is 0.411 e. The molecule has 0 fully saturated rings. The first kappa shape index (κ1) is 11.6. The van der Waals surface area contributed by atoms with Crippen LogP contribution in [-0.4, -0.2) is 13.2 Å². The molecule has 0 aromatic heterocycles. The number of hydrogen-bond acceptors (Lipinski definition) is 2. The molecule has 0 heterocycles. The first-order valence-electron chi connectivity index (χ1n) is 4.89. The molecule has 82 valence electrons. The molecule has 1 aromatic rings. The average Bonchev–Trinajstić information content (AvgIpc) is 2.17. The van der Waals surface area contributed by atoms with Crippen molar-refractivity contribution in [2.24, 2.45) is 0 Å². The van der Waals surface area contributed by atoms with E-state index in [4.69, 9.17) is 0 Å². The predicted octanol–water partition coefficient (Wildman–Crippen LogP) is 3.16. The van der Waals surface area contributed by atoms with Gasteiger partial charge in [-0.2, -0.15) is 0 Å². The minimum atomic E-state index is -0.446. The number of carbonyl (C=O) groups excluding carboxylic acids is 1. The van der Waals surface area contributed by atoms with Gasteiger partial charge in [-0.3, -0.25) is 5.32 Å². The zero-order valence-corrected chi connectivity index (χ0v) is 9.63. The Labute approximate surface area is 90.4 Å². The molecule has 3 nitrogen and oxygen atoms in total. The number of hydrogen-bond donors (Lipinski definition) is 1. The van der Waals surface area contributed by atoms with Crippen LogP contribution in [0.25, 0.3) is 0 Å². The van der Waals surface area contributed by atoms with E-state index in [-0.39, 0.29) is 5.41 Å². The van der Waals surface area contributed by atoms with Crippen molar-refractivity contribution in [1.82, 2.24) is 0 Å². The average molecular weight is 207 g/mol. The van der Waals surface area contributed by atoms with Crippen LogP contribution >= 0.6 is 0 Å². The molecule has 1 rings (SSSR count). The van der Waals surface area contributed by atoms with Crippen LogP contribution in [0.4, 0.5) is 10.5 Å². The summed E-state index contributed by atoms with van der Waals surface area (Å²) in [6, 6.07) is 7.76. The van der Waals surface area contributed by atoms with Crippen LogP contribution in [0.5, 0.6) is 0 Å². The van der Waals surface area contributed by atoms with E-state index in [0.717, 1.165) is 5.69 Å². The summed E-state index contributed by atoms with van der Waals surface area (Å²) in [4.78, 5) is 10.9. The molecule has 0 atom stereocenters. The molecule has 0 spiro atoms. The largest absolute Gasteiger partial charge is 0.453 e. The van der Waals surface area contributed by atoms with Crippen LogP contribution in [0, 0.1) is 0 Å². The van der Waals surface area contributed by atoms with Crippen molar-refractivity contribution in [1.29, 1.82) is 0 Å². The SMILES string of the molecule is COC(=O)Nc1ccc(C(C)(C)C)cc1. The summed E-state index contributed by atoms with van der Waals surface area (Å²) in [6.45, 7) is 6.45. The highest BCUT2D eigenvalue weighted by molar-refractivity contribution is 5.84. The molecule has 0 aliphatic heterocycles. The van der Waals surface area contributed by atoms with Gasteiger partial charge in [-0.15, -0.1) is 0 Å². The van der Waals surface area contributed by atoms with Gasteiger partial charge in [-0.05, 0) is 23.1 Å².